The maximum atomic E-state index is 12.7. The van der Waals surface area contributed by atoms with Gasteiger partial charge in [-0.15, -0.1) is 0 Å². The Hall–Kier alpha value is -2.10. The van der Waals surface area contributed by atoms with Crippen molar-refractivity contribution in [3.63, 3.8) is 0 Å². The van der Waals surface area contributed by atoms with Crippen molar-refractivity contribution in [1.29, 1.82) is 0 Å². The number of carbonyl (C=O) groups is 2. The average molecular weight is 271 g/mol. The first-order chi connectivity index (χ1) is 9.58. The molecule has 2 aliphatic rings. The number of allylic oxidation sites excluding steroid dienone is 2. The van der Waals surface area contributed by atoms with Crippen LogP contribution in [0.2, 0.25) is 0 Å². The van der Waals surface area contributed by atoms with Crippen molar-refractivity contribution in [3.8, 4) is 5.75 Å². The third kappa shape index (κ3) is 1.68. The highest BCUT2D eigenvalue weighted by Crippen LogP contribution is 2.47. The van der Waals surface area contributed by atoms with Gasteiger partial charge in [-0.25, -0.2) is 4.90 Å². The van der Waals surface area contributed by atoms with E-state index in [9.17, 15) is 9.59 Å². The molecule has 1 aromatic rings. The van der Waals surface area contributed by atoms with E-state index in [2.05, 4.69) is 0 Å². The van der Waals surface area contributed by atoms with Crippen molar-refractivity contribution < 1.29 is 14.3 Å². The zero-order valence-electron chi connectivity index (χ0n) is 11.6. The number of rotatable bonds is 2. The number of ether oxygens (including phenoxy) is 1. The van der Waals surface area contributed by atoms with Crippen molar-refractivity contribution in [2.75, 3.05) is 12.0 Å². The first-order valence-corrected chi connectivity index (χ1v) is 6.75. The van der Waals surface area contributed by atoms with E-state index in [-0.39, 0.29) is 17.7 Å². The Balaban J connectivity index is 1.98. The van der Waals surface area contributed by atoms with Gasteiger partial charge < -0.3 is 4.74 Å². The number of methoxy groups -OCH3 is 1. The molecule has 0 radical (unpaired) electrons. The van der Waals surface area contributed by atoms with Crippen LogP contribution >= 0.6 is 0 Å². The molecular weight excluding hydrogens is 254 g/mol. The molecule has 0 N–H and O–H groups in total. The molecule has 1 aliphatic heterocycles. The molecule has 1 heterocycles. The van der Waals surface area contributed by atoms with Crippen LogP contribution in [0.1, 0.15) is 19.8 Å². The monoisotopic (exact) mass is 271 g/mol. The zero-order chi connectivity index (χ0) is 14.3. The highest BCUT2D eigenvalue weighted by Gasteiger charge is 2.56. The molecule has 0 aromatic heterocycles. The predicted molar refractivity (Wildman–Crippen MR) is 75.5 cm³/mol. The van der Waals surface area contributed by atoms with Crippen molar-refractivity contribution in [3.05, 3.63) is 36.4 Å². The first kappa shape index (κ1) is 12.9. The van der Waals surface area contributed by atoms with Crippen LogP contribution in [0, 0.1) is 11.3 Å². The molecule has 2 amide bonds. The van der Waals surface area contributed by atoms with Crippen LogP contribution < -0.4 is 9.64 Å². The summed E-state index contributed by atoms with van der Waals surface area (Å²) in [5, 5.41) is 0. The summed E-state index contributed by atoms with van der Waals surface area (Å²) in [5.41, 5.74) is 0.0302. The Morgan fingerprint density at radius 3 is 2.50 bits per heavy atom. The Morgan fingerprint density at radius 2 is 1.90 bits per heavy atom. The van der Waals surface area contributed by atoms with Gasteiger partial charge in [-0.05, 0) is 44.0 Å². The maximum absolute atomic E-state index is 12.7. The van der Waals surface area contributed by atoms with Crippen LogP contribution in [0.4, 0.5) is 5.69 Å². The first-order valence-electron chi connectivity index (χ1n) is 6.75. The molecule has 0 bridgehead atoms. The lowest BCUT2D eigenvalue weighted by molar-refractivity contribution is -0.126. The van der Waals surface area contributed by atoms with Gasteiger partial charge in [0.25, 0.3) is 0 Å². The fourth-order valence-corrected chi connectivity index (χ4v) is 3.06. The SMILES string of the molecule is COc1ccc(N2C(=O)[C@H]3CC=CC[C@]3(C)C2=O)cc1. The van der Waals surface area contributed by atoms with E-state index in [1.54, 1.807) is 31.4 Å². The summed E-state index contributed by atoms with van der Waals surface area (Å²) in [6.07, 6.45) is 5.27. The summed E-state index contributed by atoms with van der Waals surface area (Å²) in [7, 11) is 1.59. The highest BCUT2D eigenvalue weighted by atomic mass is 16.5. The molecule has 4 heteroatoms. The fraction of sp³-hybridized carbons (Fsp3) is 0.375. The van der Waals surface area contributed by atoms with Gasteiger partial charge in [0.05, 0.1) is 24.1 Å². The number of nitrogens with zero attached hydrogens (tertiary/aromatic N) is 1. The number of imide groups is 1. The summed E-state index contributed by atoms with van der Waals surface area (Å²) >= 11 is 0. The normalized spacial score (nSPS) is 28.7. The quantitative estimate of drug-likeness (QED) is 0.613. The van der Waals surface area contributed by atoms with Crippen molar-refractivity contribution >= 4 is 17.5 Å². The van der Waals surface area contributed by atoms with E-state index >= 15 is 0 Å². The van der Waals surface area contributed by atoms with Crippen LogP contribution in [-0.4, -0.2) is 18.9 Å². The van der Waals surface area contributed by atoms with Gasteiger partial charge in [-0.1, -0.05) is 12.2 Å². The lowest BCUT2D eigenvalue weighted by atomic mass is 9.72. The van der Waals surface area contributed by atoms with E-state index in [1.165, 1.54) is 4.90 Å². The highest BCUT2D eigenvalue weighted by molar-refractivity contribution is 6.23. The van der Waals surface area contributed by atoms with E-state index in [4.69, 9.17) is 4.74 Å². The molecule has 1 aliphatic carbocycles. The molecule has 4 nitrogen and oxygen atoms in total. The summed E-state index contributed by atoms with van der Waals surface area (Å²) in [5.74, 6) is 0.286. The number of hydrogen-bond acceptors (Lipinski definition) is 3. The molecular formula is C16H17NO3. The van der Waals surface area contributed by atoms with Crippen LogP contribution in [-0.2, 0) is 9.59 Å². The Labute approximate surface area is 118 Å². The molecule has 20 heavy (non-hydrogen) atoms. The smallest absolute Gasteiger partial charge is 0.240 e. The van der Waals surface area contributed by atoms with Gasteiger partial charge in [0, 0.05) is 0 Å². The lowest BCUT2D eigenvalue weighted by Gasteiger charge is -2.27. The molecule has 104 valence electrons. The molecule has 0 spiro atoms. The van der Waals surface area contributed by atoms with Crippen molar-refractivity contribution in [2.45, 2.75) is 19.8 Å². The van der Waals surface area contributed by atoms with E-state index in [0.29, 0.717) is 24.3 Å². The van der Waals surface area contributed by atoms with Gasteiger partial charge in [0.15, 0.2) is 0 Å². The largest absolute Gasteiger partial charge is 0.497 e. The number of benzene rings is 1. The summed E-state index contributed by atoms with van der Waals surface area (Å²) in [4.78, 5) is 26.5. The van der Waals surface area contributed by atoms with E-state index in [0.717, 1.165) is 0 Å². The number of fused-ring (bicyclic) bond motifs is 1. The minimum atomic E-state index is -0.592. The summed E-state index contributed by atoms with van der Waals surface area (Å²) in [6, 6.07) is 7.03. The number of hydrogen-bond donors (Lipinski definition) is 0. The minimum Gasteiger partial charge on any atom is -0.497 e. The Kier molecular flexibility index (Phi) is 2.89. The number of amides is 2. The molecule has 0 unspecified atom stereocenters. The number of carbonyl (C=O) groups excluding carboxylic acids is 2. The second kappa shape index (κ2) is 4.47. The van der Waals surface area contributed by atoms with Gasteiger partial charge in [-0.3, -0.25) is 9.59 Å². The average Bonchev–Trinajstić information content (AvgIpc) is 2.67. The van der Waals surface area contributed by atoms with Crippen LogP contribution in [0.5, 0.6) is 5.75 Å². The van der Waals surface area contributed by atoms with Crippen LogP contribution in [0.3, 0.4) is 0 Å². The molecule has 0 saturated carbocycles. The van der Waals surface area contributed by atoms with E-state index < -0.39 is 5.41 Å². The molecule has 1 aromatic carbocycles. The maximum Gasteiger partial charge on any atom is 0.240 e. The zero-order valence-corrected chi connectivity index (χ0v) is 11.6. The number of anilines is 1. The molecule has 1 fully saturated rings. The minimum absolute atomic E-state index is 0.0907. The third-order valence-corrected chi connectivity index (χ3v) is 4.39. The third-order valence-electron chi connectivity index (χ3n) is 4.39. The van der Waals surface area contributed by atoms with Gasteiger partial charge in [-0.2, -0.15) is 0 Å². The van der Waals surface area contributed by atoms with Crippen molar-refractivity contribution in [2.24, 2.45) is 11.3 Å². The van der Waals surface area contributed by atoms with Crippen LogP contribution in [0.25, 0.3) is 0 Å². The molecule has 2 atom stereocenters. The predicted octanol–water partition coefficient (Wildman–Crippen LogP) is 2.54. The standard InChI is InChI=1S/C16H17NO3/c1-16-10-4-3-5-13(16)14(18)17(15(16)19)11-6-8-12(20-2)9-7-11/h3-4,6-9,13H,5,10H2,1-2H3/t13-,16+/m1/s1. The second-order valence-electron chi connectivity index (χ2n) is 5.56. The Morgan fingerprint density at radius 1 is 1.20 bits per heavy atom. The van der Waals surface area contributed by atoms with E-state index in [1.807, 2.05) is 19.1 Å². The lowest BCUT2D eigenvalue weighted by Crippen LogP contribution is -2.34. The van der Waals surface area contributed by atoms with Gasteiger partial charge in [0.2, 0.25) is 11.8 Å². The topological polar surface area (TPSA) is 46.6 Å². The Bertz CT molecular complexity index is 590. The molecule has 1 saturated heterocycles. The van der Waals surface area contributed by atoms with Gasteiger partial charge >= 0.3 is 0 Å². The van der Waals surface area contributed by atoms with Gasteiger partial charge in [0.1, 0.15) is 5.75 Å². The second-order valence-corrected chi connectivity index (χ2v) is 5.56. The summed E-state index contributed by atoms with van der Waals surface area (Å²) in [6.45, 7) is 1.89. The van der Waals surface area contributed by atoms with Crippen molar-refractivity contribution in [1.82, 2.24) is 0 Å². The molecule has 3 rings (SSSR count). The van der Waals surface area contributed by atoms with Crippen LogP contribution in [0.15, 0.2) is 36.4 Å². The fourth-order valence-electron chi connectivity index (χ4n) is 3.06. The summed E-state index contributed by atoms with van der Waals surface area (Å²) < 4.78 is 5.10.